The van der Waals surface area contributed by atoms with E-state index in [-0.39, 0.29) is 24.9 Å². The van der Waals surface area contributed by atoms with Crippen LogP contribution in [-0.4, -0.2) is 27.6 Å². The van der Waals surface area contributed by atoms with E-state index in [0.29, 0.717) is 16.4 Å². The molecule has 8 heteroatoms. The molecule has 0 saturated carbocycles. The largest absolute Gasteiger partial charge is 0.345 e. The van der Waals surface area contributed by atoms with Crippen molar-refractivity contribution in [3.8, 4) is 0 Å². The minimum atomic E-state index is -0.237. The number of carbonyl (C=O) groups excluding carboxylic acids is 2. The van der Waals surface area contributed by atoms with Gasteiger partial charge in [-0.05, 0) is 60.9 Å². The summed E-state index contributed by atoms with van der Waals surface area (Å²) in [7, 11) is 0. The second-order valence-corrected chi connectivity index (χ2v) is 8.39. The average Bonchev–Trinajstić information content (AvgIpc) is 3.15. The van der Waals surface area contributed by atoms with Gasteiger partial charge < -0.3 is 15.2 Å². The van der Waals surface area contributed by atoms with Crippen molar-refractivity contribution in [3.63, 3.8) is 0 Å². The third-order valence-corrected chi connectivity index (χ3v) is 5.88. The molecule has 0 aliphatic heterocycles. The van der Waals surface area contributed by atoms with Crippen LogP contribution in [0, 0.1) is 0 Å². The van der Waals surface area contributed by atoms with E-state index in [1.54, 1.807) is 36.0 Å². The number of halogens is 1. The number of anilines is 1. The molecule has 0 aliphatic rings. The first-order valence-corrected chi connectivity index (χ1v) is 11.6. The van der Waals surface area contributed by atoms with E-state index in [1.807, 2.05) is 59.4 Å². The Hall–Kier alpha value is -3.29. The van der Waals surface area contributed by atoms with E-state index in [0.717, 1.165) is 21.6 Å². The Kier molecular flexibility index (Phi) is 6.78. The number of nitrogens with zero attached hydrogens (tertiary/aromatic N) is 2. The van der Waals surface area contributed by atoms with Gasteiger partial charge in [0.1, 0.15) is 12.4 Å². The van der Waals surface area contributed by atoms with Crippen LogP contribution in [0.5, 0.6) is 0 Å². The number of benzene rings is 3. The molecule has 2 amide bonds. The summed E-state index contributed by atoms with van der Waals surface area (Å²) in [5.74, 6) is 0.191. The number of thioether (sulfide) groups is 1. The molecule has 32 heavy (non-hydrogen) atoms. The van der Waals surface area contributed by atoms with Gasteiger partial charge in [-0.25, -0.2) is 4.98 Å². The molecule has 162 valence electrons. The van der Waals surface area contributed by atoms with E-state index in [2.05, 4.69) is 15.6 Å². The molecule has 0 aliphatic carbocycles. The number of para-hydroxylation sites is 2. The van der Waals surface area contributed by atoms with Gasteiger partial charge in [-0.3, -0.25) is 9.59 Å². The monoisotopic (exact) mass is 464 g/mol. The maximum Gasteiger partial charge on any atom is 0.251 e. The normalized spacial score (nSPS) is 10.8. The lowest BCUT2D eigenvalue weighted by Gasteiger charge is -2.11. The minimum absolute atomic E-state index is 0.0795. The highest BCUT2D eigenvalue weighted by atomic mass is 35.5. The van der Waals surface area contributed by atoms with E-state index >= 15 is 0 Å². The van der Waals surface area contributed by atoms with E-state index < -0.39 is 0 Å². The second kappa shape index (κ2) is 9.89. The van der Waals surface area contributed by atoms with Gasteiger partial charge in [0.15, 0.2) is 0 Å². The summed E-state index contributed by atoms with van der Waals surface area (Å²) in [4.78, 5) is 31.0. The zero-order chi connectivity index (χ0) is 22.5. The number of rotatable bonds is 7. The smallest absolute Gasteiger partial charge is 0.251 e. The molecule has 0 radical (unpaired) electrons. The summed E-state index contributed by atoms with van der Waals surface area (Å²) >= 11 is 7.51. The predicted molar refractivity (Wildman–Crippen MR) is 129 cm³/mol. The molecule has 0 atom stereocenters. The Labute approximate surface area is 195 Å². The van der Waals surface area contributed by atoms with Gasteiger partial charge in [0, 0.05) is 21.2 Å². The molecule has 4 aromatic rings. The lowest BCUT2D eigenvalue weighted by Crippen LogP contribution is -2.26. The van der Waals surface area contributed by atoms with Gasteiger partial charge in [-0.2, -0.15) is 0 Å². The summed E-state index contributed by atoms with van der Waals surface area (Å²) in [6, 6.07) is 21.9. The third kappa shape index (κ3) is 5.12. The zero-order valence-electron chi connectivity index (χ0n) is 17.3. The highest BCUT2D eigenvalue weighted by Crippen LogP contribution is 2.20. The summed E-state index contributed by atoms with van der Waals surface area (Å²) in [6.45, 7) is 0.265. The molecule has 2 N–H and O–H groups in total. The van der Waals surface area contributed by atoms with E-state index in [1.165, 1.54) is 0 Å². The van der Waals surface area contributed by atoms with Crippen LogP contribution < -0.4 is 10.6 Å². The molecule has 1 heterocycles. The first kappa shape index (κ1) is 21.9. The number of carbonyl (C=O) groups is 2. The number of hydrogen-bond donors (Lipinski definition) is 2. The lowest BCUT2D eigenvalue weighted by molar-refractivity contribution is -0.116. The van der Waals surface area contributed by atoms with Gasteiger partial charge in [0.05, 0.1) is 17.6 Å². The maximum atomic E-state index is 12.8. The molecule has 0 saturated heterocycles. The molecule has 0 unspecified atom stereocenters. The standard InChI is InChI=1S/C24H21ClN4O2S/c1-32-19-6-4-5-18(13-19)27-23(30)15-29-21-8-3-2-7-20(21)28-22(29)14-26-24(31)16-9-11-17(25)12-10-16/h2-13H,14-15H2,1H3,(H,26,31)(H,27,30). The molecule has 3 aromatic carbocycles. The van der Waals surface area contributed by atoms with Crippen LogP contribution in [0.15, 0.2) is 77.7 Å². The Bertz CT molecular complexity index is 1270. The van der Waals surface area contributed by atoms with Crippen molar-refractivity contribution in [1.29, 1.82) is 0 Å². The molecule has 0 spiro atoms. The van der Waals surface area contributed by atoms with Crippen LogP contribution in [0.25, 0.3) is 11.0 Å². The fourth-order valence-electron chi connectivity index (χ4n) is 3.34. The Morgan fingerprint density at radius 1 is 1.03 bits per heavy atom. The Balaban J connectivity index is 1.52. The molecule has 6 nitrogen and oxygen atoms in total. The number of aromatic nitrogens is 2. The second-order valence-electron chi connectivity index (χ2n) is 7.07. The summed E-state index contributed by atoms with van der Waals surface area (Å²) in [6.07, 6.45) is 1.99. The highest BCUT2D eigenvalue weighted by Gasteiger charge is 2.15. The van der Waals surface area contributed by atoms with Crippen LogP contribution in [-0.2, 0) is 17.9 Å². The number of nitrogens with one attached hydrogen (secondary N) is 2. The summed E-state index contributed by atoms with van der Waals surface area (Å²) in [5.41, 5.74) is 2.84. The van der Waals surface area contributed by atoms with Crippen LogP contribution in [0.1, 0.15) is 16.2 Å². The van der Waals surface area contributed by atoms with Gasteiger partial charge in [-0.15, -0.1) is 11.8 Å². The molecular formula is C24H21ClN4O2S. The third-order valence-electron chi connectivity index (χ3n) is 4.90. The van der Waals surface area contributed by atoms with Gasteiger partial charge >= 0.3 is 0 Å². The van der Waals surface area contributed by atoms with Crippen LogP contribution in [0.2, 0.25) is 5.02 Å². The van der Waals surface area contributed by atoms with Crippen molar-refractivity contribution in [3.05, 3.63) is 89.2 Å². The lowest BCUT2D eigenvalue weighted by atomic mass is 10.2. The maximum absolute atomic E-state index is 12.8. The molecule has 1 aromatic heterocycles. The van der Waals surface area contributed by atoms with Crippen molar-refractivity contribution in [1.82, 2.24) is 14.9 Å². The first-order valence-electron chi connectivity index (χ1n) is 9.95. The average molecular weight is 465 g/mol. The highest BCUT2D eigenvalue weighted by molar-refractivity contribution is 7.98. The van der Waals surface area contributed by atoms with Crippen molar-refractivity contribution in [2.45, 2.75) is 18.0 Å². The number of fused-ring (bicyclic) bond motifs is 1. The first-order chi connectivity index (χ1) is 15.5. The van der Waals surface area contributed by atoms with Gasteiger partial charge in [-0.1, -0.05) is 29.8 Å². The van der Waals surface area contributed by atoms with Crippen LogP contribution >= 0.6 is 23.4 Å². The Morgan fingerprint density at radius 3 is 2.59 bits per heavy atom. The van der Waals surface area contributed by atoms with Crippen molar-refractivity contribution < 1.29 is 9.59 Å². The molecule has 0 fully saturated rings. The van der Waals surface area contributed by atoms with Gasteiger partial charge in [0.25, 0.3) is 5.91 Å². The SMILES string of the molecule is CSc1cccc(NC(=O)Cn2c(CNC(=O)c3ccc(Cl)cc3)nc3ccccc32)c1. The van der Waals surface area contributed by atoms with Crippen molar-refractivity contribution in [2.24, 2.45) is 0 Å². The van der Waals surface area contributed by atoms with Crippen LogP contribution in [0.4, 0.5) is 5.69 Å². The number of amides is 2. The zero-order valence-corrected chi connectivity index (χ0v) is 18.9. The van der Waals surface area contributed by atoms with Crippen molar-refractivity contribution >= 4 is 51.9 Å². The van der Waals surface area contributed by atoms with E-state index in [4.69, 9.17) is 11.6 Å². The van der Waals surface area contributed by atoms with E-state index in [9.17, 15) is 9.59 Å². The Morgan fingerprint density at radius 2 is 1.81 bits per heavy atom. The predicted octanol–water partition coefficient (Wildman–Crippen LogP) is 4.98. The molecule has 0 bridgehead atoms. The molecular weight excluding hydrogens is 444 g/mol. The fraction of sp³-hybridized carbons (Fsp3) is 0.125. The summed E-state index contributed by atoms with van der Waals surface area (Å²) in [5, 5.41) is 6.38. The minimum Gasteiger partial charge on any atom is -0.345 e. The van der Waals surface area contributed by atoms with Gasteiger partial charge in [0.2, 0.25) is 5.91 Å². The fourth-order valence-corrected chi connectivity index (χ4v) is 3.93. The number of imidazole rings is 1. The quantitative estimate of drug-likeness (QED) is 0.378. The topological polar surface area (TPSA) is 76.0 Å². The summed E-state index contributed by atoms with van der Waals surface area (Å²) < 4.78 is 1.82. The van der Waals surface area contributed by atoms with Crippen molar-refractivity contribution in [2.75, 3.05) is 11.6 Å². The molecule has 4 rings (SSSR count). The van der Waals surface area contributed by atoms with Crippen LogP contribution in [0.3, 0.4) is 0 Å². The number of hydrogen-bond acceptors (Lipinski definition) is 4.